The van der Waals surface area contributed by atoms with Crippen LogP contribution in [0.4, 0.5) is 0 Å². The van der Waals surface area contributed by atoms with Crippen molar-refractivity contribution in [3.05, 3.63) is 44.8 Å². The number of allylic oxidation sites excluding steroid dienone is 1. The zero-order valence-corrected chi connectivity index (χ0v) is 10.1. The van der Waals surface area contributed by atoms with E-state index in [0.29, 0.717) is 6.42 Å². The van der Waals surface area contributed by atoms with Crippen molar-refractivity contribution in [3.8, 4) is 0 Å². The van der Waals surface area contributed by atoms with E-state index in [-0.39, 0.29) is 19.3 Å². The van der Waals surface area contributed by atoms with E-state index in [1.165, 1.54) is 16.8 Å². The second-order valence-electron chi connectivity index (χ2n) is 4.74. The quantitative estimate of drug-likeness (QED) is 0.626. The molecule has 3 N–H and O–H groups in total. The molecule has 6 nitrogen and oxygen atoms in total. The first-order chi connectivity index (χ1) is 8.52. The van der Waals surface area contributed by atoms with Gasteiger partial charge in [-0.1, -0.05) is 11.6 Å². The number of hydrogen-bond acceptors (Lipinski definition) is 4. The third-order valence-corrected chi connectivity index (χ3v) is 3.69. The highest BCUT2D eigenvalue weighted by molar-refractivity contribution is 5.23. The summed E-state index contributed by atoms with van der Waals surface area (Å²) >= 11 is 0. The summed E-state index contributed by atoms with van der Waals surface area (Å²) in [4.78, 5) is 24.9. The van der Waals surface area contributed by atoms with Crippen LogP contribution in [0.2, 0.25) is 0 Å². The predicted molar refractivity (Wildman–Crippen MR) is 65.3 cm³/mol. The van der Waals surface area contributed by atoms with E-state index in [9.17, 15) is 19.8 Å². The van der Waals surface area contributed by atoms with Crippen molar-refractivity contribution >= 4 is 0 Å². The predicted octanol–water partition coefficient (Wildman–Crippen LogP) is -0.601. The Morgan fingerprint density at radius 1 is 1.44 bits per heavy atom. The molecular weight excluding hydrogens is 236 g/mol. The van der Waals surface area contributed by atoms with E-state index in [0.717, 1.165) is 5.57 Å². The lowest BCUT2D eigenvalue weighted by Crippen LogP contribution is -2.33. The van der Waals surface area contributed by atoms with Gasteiger partial charge in [0.2, 0.25) is 0 Å². The molecule has 0 fully saturated rings. The number of aromatic amines is 1. The van der Waals surface area contributed by atoms with Gasteiger partial charge in [0.1, 0.15) is 0 Å². The number of aliphatic hydroxyl groups is 2. The Hall–Kier alpha value is -1.66. The van der Waals surface area contributed by atoms with Crippen LogP contribution in [0.25, 0.3) is 0 Å². The van der Waals surface area contributed by atoms with E-state index in [2.05, 4.69) is 4.98 Å². The molecule has 0 unspecified atom stereocenters. The molecular formula is C12H16N2O4. The monoisotopic (exact) mass is 252 g/mol. The van der Waals surface area contributed by atoms with E-state index in [1.54, 1.807) is 0 Å². The van der Waals surface area contributed by atoms with Gasteiger partial charge in [0.05, 0.1) is 19.3 Å². The number of hydrogen-bond donors (Lipinski definition) is 3. The normalized spacial score (nSPS) is 21.9. The summed E-state index contributed by atoms with van der Waals surface area (Å²) < 4.78 is 1.40. The van der Waals surface area contributed by atoms with Crippen molar-refractivity contribution in [3.63, 3.8) is 0 Å². The van der Waals surface area contributed by atoms with Crippen molar-refractivity contribution in [2.45, 2.75) is 19.4 Å². The molecule has 18 heavy (non-hydrogen) atoms. The van der Waals surface area contributed by atoms with Gasteiger partial charge in [-0.25, -0.2) is 4.79 Å². The van der Waals surface area contributed by atoms with Gasteiger partial charge in [-0.15, -0.1) is 0 Å². The maximum absolute atomic E-state index is 11.7. The minimum absolute atomic E-state index is 0.166. The number of H-pyrrole nitrogens is 1. The van der Waals surface area contributed by atoms with Gasteiger partial charge in [-0.3, -0.25) is 14.3 Å². The zero-order valence-electron chi connectivity index (χ0n) is 10.1. The molecule has 2 rings (SSSR count). The lowest BCUT2D eigenvalue weighted by atomic mass is 9.83. The largest absolute Gasteiger partial charge is 0.395 e. The first kappa shape index (κ1) is 12.8. The minimum Gasteiger partial charge on any atom is -0.395 e. The highest BCUT2D eigenvalue weighted by atomic mass is 16.3. The molecule has 1 atom stereocenters. The molecule has 0 spiro atoms. The Bertz CT molecular complexity index is 580. The van der Waals surface area contributed by atoms with Crippen LogP contribution in [0.5, 0.6) is 0 Å². The van der Waals surface area contributed by atoms with Gasteiger partial charge in [0.25, 0.3) is 5.56 Å². The summed E-state index contributed by atoms with van der Waals surface area (Å²) in [7, 11) is 0. The molecule has 1 aliphatic carbocycles. The molecule has 1 aromatic heterocycles. The molecule has 6 heteroatoms. The minimum atomic E-state index is -0.680. The summed E-state index contributed by atoms with van der Waals surface area (Å²) in [6.45, 7) is 1.49. The summed E-state index contributed by atoms with van der Waals surface area (Å²) in [5.74, 6) is 0. The van der Waals surface area contributed by atoms with Crippen LogP contribution in [0.15, 0.2) is 33.5 Å². The fourth-order valence-corrected chi connectivity index (χ4v) is 2.38. The summed E-state index contributed by atoms with van der Waals surface area (Å²) in [6.07, 6.45) is 3.71. The van der Waals surface area contributed by atoms with E-state index in [4.69, 9.17) is 0 Å². The Balaban J connectivity index is 2.39. The molecule has 0 saturated carbocycles. The highest BCUT2D eigenvalue weighted by Crippen LogP contribution is 2.42. The van der Waals surface area contributed by atoms with E-state index >= 15 is 0 Å². The molecule has 1 heterocycles. The van der Waals surface area contributed by atoms with Crippen molar-refractivity contribution in [2.24, 2.45) is 5.41 Å². The van der Waals surface area contributed by atoms with Gasteiger partial charge in [-0.2, -0.15) is 0 Å². The maximum atomic E-state index is 11.7. The van der Waals surface area contributed by atoms with Crippen LogP contribution in [0, 0.1) is 5.41 Å². The fraction of sp³-hybridized carbons (Fsp3) is 0.500. The molecule has 0 aliphatic heterocycles. The lowest BCUT2D eigenvalue weighted by Gasteiger charge is -2.27. The summed E-state index contributed by atoms with van der Waals surface area (Å²) in [6, 6.07) is 1.02. The number of rotatable bonds is 3. The van der Waals surface area contributed by atoms with Crippen molar-refractivity contribution in [2.75, 3.05) is 13.2 Å². The van der Waals surface area contributed by atoms with E-state index in [1.807, 2.05) is 13.0 Å². The summed E-state index contributed by atoms with van der Waals surface area (Å²) in [5, 5.41) is 18.8. The second-order valence-corrected chi connectivity index (χ2v) is 4.74. The number of nitrogens with zero attached hydrogens (tertiary/aromatic N) is 1. The lowest BCUT2D eigenvalue weighted by molar-refractivity contribution is 0.0783. The van der Waals surface area contributed by atoms with Crippen LogP contribution in [-0.4, -0.2) is 33.0 Å². The standard InChI is InChI=1S/C12H16N2O4/c1-8-4-9(5-12(8,6-15)7-16)14-3-2-10(17)13-11(14)18/h2-4,9,15-16H,5-7H2,1H3,(H,13,17,18)/t9-/m0/s1. The number of nitrogens with one attached hydrogen (secondary N) is 1. The number of aromatic nitrogens is 2. The SMILES string of the molecule is CC1=C[C@H](n2ccc(=O)[nH]c2=O)CC1(CO)CO. The summed E-state index contributed by atoms with van der Waals surface area (Å²) in [5.41, 5.74) is -0.746. The average Bonchev–Trinajstić information content (AvgIpc) is 2.67. The molecule has 0 amide bonds. The Morgan fingerprint density at radius 3 is 2.61 bits per heavy atom. The van der Waals surface area contributed by atoms with Crippen molar-refractivity contribution in [1.29, 1.82) is 0 Å². The number of aliphatic hydroxyl groups excluding tert-OH is 2. The molecule has 98 valence electrons. The fourth-order valence-electron chi connectivity index (χ4n) is 2.38. The van der Waals surface area contributed by atoms with Crippen LogP contribution in [-0.2, 0) is 0 Å². The molecule has 0 aromatic carbocycles. The smallest absolute Gasteiger partial charge is 0.328 e. The van der Waals surface area contributed by atoms with Gasteiger partial charge >= 0.3 is 5.69 Å². The highest BCUT2D eigenvalue weighted by Gasteiger charge is 2.39. The Labute approximate surface area is 103 Å². The maximum Gasteiger partial charge on any atom is 0.328 e. The molecule has 1 aromatic rings. The molecule has 0 bridgehead atoms. The van der Waals surface area contributed by atoms with Crippen LogP contribution >= 0.6 is 0 Å². The molecule has 0 saturated heterocycles. The van der Waals surface area contributed by atoms with Crippen LogP contribution in [0.1, 0.15) is 19.4 Å². The van der Waals surface area contributed by atoms with Gasteiger partial charge in [0.15, 0.2) is 0 Å². The van der Waals surface area contributed by atoms with Gasteiger partial charge in [0, 0.05) is 17.7 Å². The zero-order chi connectivity index (χ0) is 13.3. The van der Waals surface area contributed by atoms with Crippen LogP contribution < -0.4 is 11.2 Å². The van der Waals surface area contributed by atoms with Gasteiger partial charge in [-0.05, 0) is 13.3 Å². The third-order valence-electron chi connectivity index (χ3n) is 3.69. The Kier molecular flexibility index (Phi) is 3.23. The Morgan fingerprint density at radius 2 is 2.11 bits per heavy atom. The first-order valence-corrected chi connectivity index (χ1v) is 5.74. The van der Waals surface area contributed by atoms with Gasteiger partial charge < -0.3 is 10.2 Å². The first-order valence-electron chi connectivity index (χ1n) is 5.74. The topological polar surface area (TPSA) is 95.3 Å². The third kappa shape index (κ3) is 1.93. The average molecular weight is 252 g/mol. The molecule has 1 aliphatic rings. The van der Waals surface area contributed by atoms with Crippen LogP contribution in [0.3, 0.4) is 0 Å². The molecule has 0 radical (unpaired) electrons. The van der Waals surface area contributed by atoms with E-state index < -0.39 is 16.7 Å². The van der Waals surface area contributed by atoms with Crippen molar-refractivity contribution < 1.29 is 10.2 Å². The van der Waals surface area contributed by atoms with Crippen molar-refractivity contribution in [1.82, 2.24) is 9.55 Å². The second kappa shape index (κ2) is 4.55.